The van der Waals surface area contributed by atoms with Crippen molar-refractivity contribution in [1.82, 2.24) is 4.90 Å². The normalized spacial score (nSPS) is 19.7. The van der Waals surface area contributed by atoms with Crippen molar-refractivity contribution in [2.24, 2.45) is 5.73 Å². The van der Waals surface area contributed by atoms with Crippen molar-refractivity contribution in [3.8, 4) is 0 Å². The minimum absolute atomic E-state index is 0.0407. The first-order valence-electron chi connectivity index (χ1n) is 5.90. The molecule has 1 heterocycles. The lowest BCUT2D eigenvalue weighted by atomic mass is 10.1. The maximum Gasteiger partial charge on any atom is 0.254 e. The Hall–Kier alpha value is -1.42. The van der Waals surface area contributed by atoms with Gasteiger partial charge in [-0.2, -0.15) is 0 Å². The summed E-state index contributed by atoms with van der Waals surface area (Å²) < 4.78 is 13.1. The minimum atomic E-state index is -0.279. The van der Waals surface area contributed by atoms with E-state index in [1.54, 1.807) is 17.9 Å². The summed E-state index contributed by atoms with van der Waals surface area (Å²) in [6.07, 6.45) is 1.95. The fourth-order valence-electron chi connectivity index (χ4n) is 2.29. The number of likely N-dealkylation sites (tertiary alicyclic amines) is 1. The van der Waals surface area contributed by atoms with Gasteiger partial charge in [0.05, 0.1) is 0 Å². The molecule has 1 saturated heterocycles. The van der Waals surface area contributed by atoms with Gasteiger partial charge in [0, 0.05) is 24.7 Å². The van der Waals surface area contributed by atoms with Crippen molar-refractivity contribution in [1.29, 1.82) is 0 Å². The van der Waals surface area contributed by atoms with E-state index in [2.05, 4.69) is 0 Å². The first kappa shape index (κ1) is 12.0. The van der Waals surface area contributed by atoms with E-state index < -0.39 is 0 Å². The van der Waals surface area contributed by atoms with Gasteiger partial charge in [-0.15, -0.1) is 0 Å². The van der Waals surface area contributed by atoms with Crippen LogP contribution >= 0.6 is 0 Å². The summed E-state index contributed by atoms with van der Waals surface area (Å²) in [7, 11) is 0. The molecule has 0 aromatic heterocycles. The predicted molar refractivity (Wildman–Crippen MR) is 64.2 cm³/mol. The number of carbonyl (C=O) groups excluding carboxylic acids is 1. The molecule has 0 radical (unpaired) electrons. The van der Waals surface area contributed by atoms with E-state index in [0.717, 1.165) is 19.4 Å². The lowest BCUT2D eigenvalue weighted by Crippen LogP contribution is -2.39. The molecule has 1 fully saturated rings. The molecule has 1 aliphatic heterocycles. The van der Waals surface area contributed by atoms with Gasteiger partial charge in [0.25, 0.3) is 5.91 Å². The summed E-state index contributed by atoms with van der Waals surface area (Å²) in [5.74, 6) is -0.320. The smallest absolute Gasteiger partial charge is 0.254 e. The molecule has 0 saturated carbocycles. The van der Waals surface area contributed by atoms with E-state index >= 15 is 0 Å². The molecular weight excluding hydrogens is 219 g/mol. The van der Waals surface area contributed by atoms with Crippen LogP contribution in [0.3, 0.4) is 0 Å². The molecule has 1 aromatic rings. The number of nitrogens with two attached hydrogens (primary N) is 1. The zero-order chi connectivity index (χ0) is 12.4. The second kappa shape index (κ2) is 4.84. The van der Waals surface area contributed by atoms with Crippen LogP contribution in [0.4, 0.5) is 4.39 Å². The van der Waals surface area contributed by atoms with Gasteiger partial charge >= 0.3 is 0 Å². The molecule has 1 aromatic carbocycles. The summed E-state index contributed by atoms with van der Waals surface area (Å²) in [4.78, 5) is 14.0. The number of hydrogen-bond donors (Lipinski definition) is 1. The first-order valence-corrected chi connectivity index (χ1v) is 5.90. The van der Waals surface area contributed by atoms with E-state index in [9.17, 15) is 9.18 Å². The van der Waals surface area contributed by atoms with Gasteiger partial charge in [0.15, 0.2) is 0 Å². The molecule has 1 aliphatic rings. The van der Waals surface area contributed by atoms with Gasteiger partial charge in [0.2, 0.25) is 0 Å². The maximum atomic E-state index is 13.1. The molecule has 2 rings (SSSR count). The highest BCUT2D eigenvalue weighted by Gasteiger charge is 2.28. The Kier molecular flexibility index (Phi) is 3.43. The number of benzene rings is 1. The molecule has 17 heavy (non-hydrogen) atoms. The Balaban J connectivity index is 2.21. The van der Waals surface area contributed by atoms with Crippen molar-refractivity contribution in [2.45, 2.75) is 25.8 Å². The predicted octanol–water partition coefficient (Wildman–Crippen LogP) is 1.70. The van der Waals surface area contributed by atoms with Crippen molar-refractivity contribution in [3.05, 3.63) is 35.1 Å². The molecule has 0 unspecified atom stereocenters. The van der Waals surface area contributed by atoms with Crippen molar-refractivity contribution >= 4 is 5.91 Å². The topological polar surface area (TPSA) is 46.3 Å². The molecule has 1 atom stereocenters. The van der Waals surface area contributed by atoms with Gasteiger partial charge in [0.1, 0.15) is 5.82 Å². The molecule has 0 bridgehead atoms. The second-order valence-electron chi connectivity index (χ2n) is 4.49. The summed E-state index contributed by atoms with van der Waals surface area (Å²) in [5, 5.41) is 0. The zero-order valence-electron chi connectivity index (χ0n) is 9.95. The molecule has 3 nitrogen and oxygen atoms in total. The number of amides is 1. The SMILES string of the molecule is Cc1cc(C(=O)N2CCC[C@@H]2CN)ccc1F. The molecule has 0 aliphatic carbocycles. The Labute approximate surface area is 100 Å². The monoisotopic (exact) mass is 236 g/mol. The Morgan fingerprint density at radius 1 is 1.59 bits per heavy atom. The van der Waals surface area contributed by atoms with Crippen molar-refractivity contribution < 1.29 is 9.18 Å². The third-order valence-electron chi connectivity index (χ3n) is 3.31. The van der Waals surface area contributed by atoms with E-state index in [1.807, 2.05) is 0 Å². The van der Waals surface area contributed by atoms with Gasteiger partial charge in [-0.1, -0.05) is 0 Å². The van der Waals surface area contributed by atoms with Crippen molar-refractivity contribution in [2.75, 3.05) is 13.1 Å². The molecule has 0 spiro atoms. The van der Waals surface area contributed by atoms with E-state index in [0.29, 0.717) is 17.7 Å². The van der Waals surface area contributed by atoms with E-state index in [4.69, 9.17) is 5.73 Å². The zero-order valence-corrected chi connectivity index (χ0v) is 9.95. The van der Waals surface area contributed by atoms with Crippen LogP contribution in [0.15, 0.2) is 18.2 Å². The van der Waals surface area contributed by atoms with Crippen LogP contribution < -0.4 is 5.73 Å². The van der Waals surface area contributed by atoms with Crippen LogP contribution in [0.2, 0.25) is 0 Å². The fourth-order valence-corrected chi connectivity index (χ4v) is 2.29. The van der Waals surface area contributed by atoms with Crippen LogP contribution in [-0.2, 0) is 0 Å². The lowest BCUT2D eigenvalue weighted by molar-refractivity contribution is 0.0741. The molecule has 1 amide bonds. The quantitative estimate of drug-likeness (QED) is 0.849. The number of nitrogens with zero attached hydrogens (tertiary/aromatic N) is 1. The Morgan fingerprint density at radius 3 is 3.00 bits per heavy atom. The van der Waals surface area contributed by atoms with E-state index in [-0.39, 0.29) is 17.8 Å². The first-order chi connectivity index (χ1) is 8.13. The Morgan fingerprint density at radius 2 is 2.35 bits per heavy atom. The van der Waals surface area contributed by atoms with Gasteiger partial charge in [-0.25, -0.2) is 4.39 Å². The summed E-state index contributed by atoms with van der Waals surface area (Å²) in [6, 6.07) is 4.61. The van der Waals surface area contributed by atoms with Crippen LogP contribution in [-0.4, -0.2) is 29.9 Å². The fraction of sp³-hybridized carbons (Fsp3) is 0.462. The molecular formula is C13H17FN2O. The number of rotatable bonds is 2. The highest BCUT2D eigenvalue weighted by molar-refractivity contribution is 5.94. The number of hydrogen-bond acceptors (Lipinski definition) is 2. The second-order valence-corrected chi connectivity index (χ2v) is 4.49. The average Bonchev–Trinajstić information content (AvgIpc) is 2.80. The highest BCUT2D eigenvalue weighted by atomic mass is 19.1. The summed E-state index contributed by atoms with van der Waals surface area (Å²) in [6.45, 7) is 2.90. The van der Waals surface area contributed by atoms with Gasteiger partial charge in [-0.3, -0.25) is 4.79 Å². The largest absolute Gasteiger partial charge is 0.334 e. The molecule has 92 valence electrons. The average molecular weight is 236 g/mol. The van der Waals surface area contributed by atoms with Crippen LogP contribution in [0, 0.1) is 12.7 Å². The Bertz CT molecular complexity index is 433. The van der Waals surface area contributed by atoms with Crippen LogP contribution in [0.25, 0.3) is 0 Å². The number of aryl methyl sites for hydroxylation is 1. The van der Waals surface area contributed by atoms with Crippen LogP contribution in [0.1, 0.15) is 28.8 Å². The summed E-state index contributed by atoms with van der Waals surface area (Å²) >= 11 is 0. The number of carbonyl (C=O) groups is 1. The maximum absolute atomic E-state index is 13.1. The van der Waals surface area contributed by atoms with Gasteiger partial charge in [-0.05, 0) is 43.5 Å². The van der Waals surface area contributed by atoms with Crippen molar-refractivity contribution in [3.63, 3.8) is 0 Å². The van der Waals surface area contributed by atoms with Gasteiger partial charge < -0.3 is 10.6 Å². The molecule has 4 heteroatoms. The molecule has 2 N–H and O–H groups in total. The third-order valence-corrected chi connectivity index (χ3v) is 3.31. The third kappa shape index (κ3) is 2.31. The van der Waals surface area contributed by atoms with Crippen LogP contribution in [0.5, 0.6) is 0 Å². The number of halogens is 1. The summed E-state index contributed by atoms with van der Waals surface area (Å²) in [5.41, 5.74) is 6.69. The standard InChI is InChI=1S/C13H17FN2O/c1-9-7-10(4-5-12(9)14)13(17)16-6-2-3-11(16)8-15/h4-5,7,11H,2-3,6,8,15H2,1H3/t11-/m1/s1. The highest BCUT2D eigenvalue weighted by Crippen LogP contribution is 2.20. The van der Waals surface area contributed by atoms with E-state index in [1.165, 1.54) is 12.1 Å². The lowest BCUT2D eigenvalue weighted by Gasteiger charge is -2.23. The minimum Gasteiger partial charge on any atom is -0.334 e.